The van der Waals surface area contributed by atoms with E-state index in [4.69, 9.17) is 5.14 Å². The van der Waals surface area contributed by atoms with Gasteiger partial charge in [0, 0.05) is 6.04 Å². The van der Waals surface area contributed by atoms with E-state index in [1.807, 2.05) is 0 Å². The Morgan fingerprint density at radius 3 is 2.65 bits per heavy atom. The molecule has 4 N–H and O–H groups in total. The second kappa shape index (κ2) is 5.17. The number of nitrogens with zero attached hydrogens (tertiary/aromatic N) is 1. The minimum atomic E-state index is -4.00. The van der Waals surface area contributed by atoms with Gasteiger partial charge < -0.3 is 5.32 Å². The fraction of sp³-hybridized carbons (Fsp3) is 0.667. The van der Waals surface area contributed by atoms with Crippen LogP contribution in [0.4, 0.5) is 0 Å². The fourth-order valence-corrected chi connectivity index (χ4v) is 3.29. The molecule has 1 heterocycles. The van der Waals surface area contributed by atoms with Crippen LogP contribution in [-0.4, -0.2) is 30.6 Å². The van der Waals surface area contributed by atoms with Gasteiger partial charge in [0.15, 0.2) is 5.69 Å². The van der Waals surface area contributed by atoms with Crippen molar-refractivity contribution in [2.75, 3.05) is 0 Å². The van der Waals surface area contributed by atoms with E-state index >= 15 is 0 Å². The van der Waals surface area contributed by atoms with Crippen molar-refractivity contribution in [2.24, 2.45) is 11.1 Å². The van der Waals surface area contributed by atoms with Gasteiger partial charge in [-0.15, -0.1) is 0 Å². The van der Waals surface area contributed by atoms with Crippen molar-refractivity contribution in [3.05, 3.63) is 11.4 Å². The van der Waals surface area contributed by atoms with Gasteiger partial charge in [-0.1, -0.05) is 27.2 Å². The number of aromatic amines is 1. The van der Waals surface area contributed by atoms with Gasteiger partial charge in [0.1, 0.15) is 4.90 Å². The molecule has 112 valence electrons. The number of carbonyl (C=O) groups is 1. The number of rotatable bonds is 5. The topological polar surface area (TPSA) is 118 Å². The van der Waals surface area contributed by atoms with E-state index in [9.17, 15) is 13.2 Å². The molecule has 1 amide bonds. The molecule has 0 aromatic carbocycles. The number of aromatic nitrogens is 2. The standard InChI is InChI=1S/C12H20N4O3S/c1-4-7-5-8(7)14-12(17)10-11(20(13,18)19)9(6(2)3)15-16-10/h6-8H,4-5H2,1-3H3,(H,14,17)(H,15,16)(H2,13,18,19). The van der Waals surface area contributed by atoms with Crippen LogP contribution in [0.15, 0.2) is 4.90 Å². The molecule has 8 heteroatoms. The van der Waals surface area contributed by atoms with Gasteiger partial charge in [-0.3, -0.25) is 9.89 Å². The van der Waals surface area contributed by atoms with Gasteiger partial charge in [0.25, 0.3) is 5.91 Å². The Kier molecular flexibility index (Phi) is 3.88. The van der Waals surface area contributed by atoms with Crippen LogP contribution in [-0.2, 0) is 10.0 Å². The smallest absolute Gasteiger partial charge is 0.273 e. The van der Waals surface area contributed by atoms with Crippen LogP contribution >= 0.6 is 0 Å². The average molecular weight is 300 g/mol. The molecule has 2 unspecified atom stereocenters. The van der Waals surface area contributed by atoms with Gasteiger partial charge in [-0.25, -0.2) is 13.6 Å². The summed E-state index contributed by atoms with van der Waals surface area (Å²) >= 11 is 0. The van der Waals surface area contributed by atoms with Crippen molar-refractivity contribution in [1.29, 1.82) is 0 Å². The Bertz CT molecular complexity index is 621. The average Bonchev–Trinajstić information content (AvgIpc) is 2.90. The highest BCUT2D eigenvalue weighted by atomic mass is 32.2. The molecule has 7 nitrogen and oxygen atoms in total. The minimum Gasteiger partial charge on any atom is -0.348 e. The number of primary sulfonamides is 1. The van der Waals surface area contributed by atoms with Crippen molar-refractivity contribution in [2.45, 2.75) is 50.5 Å². The molecule has 0 bridgehead atoms. The normalized spacial score (nSPS) is 22.1. The Labute approximate surface area is 118 Å². The summed E-state index contributed by atoms with van der Waals surface area (Å²) < 4.78 is 23.4. The maximum Gasteiger partial charge on any atom is 0.273 e. The van der Waals surface area contributed by atoms with Gasteiger partial charge in [-0.05, 0) is 18.3 Å². The van der Waals surface area contributed by atoms with Crippen LogP contribution in [0.3, 0.4) is 0 Å². The highest BCUT2D eigenvalue weighted by Gasteiger charge is 2.38. The molecular weight excluding hydrogens is 280 g/mol. The van der Waals surface area contributed by atoms with Crippen LogP contribution in [0.25, 0.3) is 0 Å². The number of sulfonamides is 1. The lowest BCUT2D eigenvalue weighted by Crippen LogP contribution is -2.29. The lowest BCUT2D eigenvalue weighted by molar-refractivity contribution is 0.0940. The van der Waals surface area contributed by atoms with E-state index in [-0.39, 0.29) is 22.5 Å². The molecule has 0 aliphatic heterocycles. The van der Waals surface area contributed by atoms with Gasteiger partial charge in [0.2, 0.25) is 10.0 Å². The number of amides is 1. The van der Waals surface area contributed by atoms with E-state index in [1.54, 1.807) is 13.8 Å². The van der Waals surface area contributed by atoms with E-state index < -0.39 is 15.9 Å². The molecule has 0 radical (unpaired) electrons. The second-order valence-electron chi connectivity index (χ2n) is 5.50. The molecule has 1 aliphatic rings. The molecular formula is C12H20N4O3S. The summed E-state index contributed by atoms with van der Waals surface area (Å²) in [7, 11) is -4.00. The largest absolute Gasteiger partial charge is 0.348 e. The molecule has 1 aromatic heterocycles. The molecule has 0 saturated heterocycles. The highest BCUT2D eigenvalue weighted by Crippen LogP contribution is 2.33. The number of hydrogen-bond donors (Lipinski definition) is 3. The quantitative estimate of drug-likeness (QED) is 0.742. The summed E-state index contributed by atoms with van der Waals surface area (Å²) in [6.45, 7) is 5.66. The first-order chi connectivity index (χ1) is 9.25. The Morgan fingerprint density at radius 2 is 2.20 bits per heavy atom. The second-order valence-corrected chi connectivity index (χ2v) is 7.00. The summed E-state index contributed by atoms with van der Waals surface area (Å²) in [5.41, 5.74) is 0.221. The summed E-state index contributed by atoms with van der Waals surface area (Å²) in [6.07, 6.45) is 1.92. The van der Waals surface area contributed by atoms with Crippen molar-refractivity contribution >= 4 is 15.9 Å². The zero-order valence-corrected chi connectivity index (χ0v) is 12.6. The molecule has 1 saturated carbocycles. The fourth-order valence-electron chi connectivity index (χ4n) is 2.29. The van der Waals surface area contributed by atoms with Crippen molar-refractivity contribution in [1.82, 2.24) is 15.5 Å². The molecule has 1 fully saturated rings. The van der Waals surface area contributed by atoms with Crippen LogP contribution in [0, 0.1) is 5.92 Å². The van der Waals surface area contributed by atoms with Crippen LogP contribution in [0.1, 0.15) is 55.7 Å². The Morgan fingerprint density at radius 1 is 1.55 bits per heavy atom. The van der Waals surface area contributed by atoms with Gasteiger partial charge in [-0.2, -0.15) is 5.10 Å². The lowest BCUT2D eigenvalue weighted by atomic mass is 10.1. The number of nitrogens with one attached hydrogen (secondary N) is 2. The van der Waals surface area contributed by atoms with E-state index in [1.165, 1.54) is 0 Å². The van der Waals surface area contributed by atoms with Crippen molar-refractivity contribution in [3.63, 3.8) is 0 Å². The maximum absolute atomic E-state index is 12.1. The van der Waals surface area contributed by atoms with E-state index in [2.05, 4.69) is 22.4 Å². The number of nitrogens with two attached hydrogens (primary N) is 1. The summed E-state index contributed by atoms with van der Waals surface area (Å²) in [4.78, 5) is 12.0. The number of carbonyl (C=O) groups excluding carboxylic acids is 1. The molecule has 1 aliphatic carbocycles. The van der Waals surface area contributed by atoms with E-state index in [0.29, 0.717) is 11.6 Å². The maximum atomic E-state index is 12.1. The first kappa shape index (κ1) is 15.0. The van der Waals surface area contributed by atoms with Crippen molar-refractivity contribution < 1.29 is 13.2 Å². The van der Waals surface area contributed by atoms with Gasteiger partial charge >= 0.3 is 0 Å². The third kappa shape index (κ3) is 2.85. The predicted octanol–water partition coefficient (Wildman–Crippen LogP) is 0.709. The SMILES string of the molecule is CCC1CC1NC(=O)c1n[nH]c(C(C)C)c1S(N)(=O)=O. The zero-order chi connectivity index (χ0) is 15.1. The lowest BCUT2D eigenvalue weighted by Gasteiger charge is -2.06. The third-order valence-electron chi connectivity index (χ3n) is 3.59. The van der Waals surface area contributed by atoms with Crippen molar-refractivity contribution in [3.8, 4) is 0 Å². The highest BCUT2D eigenvalue weighted by molar-refractivity contribution is 7.89. The summed E-state index contributed by atoms with van der Waals surface area (Å²) in [5, 5.41) is 14.5. The molecule has 0 spiro atoms. The van der Waals surface area contributed by atoms with Gasteiger partial charge in [0.05, 0.1) is 5.69 Å². The summed E-state index contributed by atoms with van der Waals surface area (Å²) in [6, 6.07) is 0.111. The van der Waals surface area contributed by atoms with Crippen LogP contribution < -0.4 is 10.5 Å². The Hall–Kier alpha value is -1.41. The molecule has 20 heavy (non-hydrogen) atoms. The Balaban J connectivity index is 2.30. The van der Waals surface area contributed by atoms with Crippen LogP contribution in [0.2, 0.25) is 0 Å². The first-order valence-corrected chi connectivity index (χ1v) is 8.22. The number of H-pyrrole nitrogens is 1. The molecule has 2 atom stereocenters. The number of hydrogen-bond acceptors (Lipinski definition) is 4. The zero-order valence-electron chi connectivity index (χ0n) is 11.8. The predicted molar refractivity (Wildman–Crippen MR) is 73.7 cm³/mol. The molecule has 1 aromatic rings. The van der Waals surface area contributed by atoms with Crippen LogP contribution in [0.5, 0.6) is 0 Å². The monoisotopic (exact) mass is 300 g/mol. The van der Waals surface area contributed by atoms with E-state index in [0.717, 1.165) is 12.8 Å². The minimum absolute atomic E-state index is 0.111. The molecule has 2 rings (SSSR count). The third-order valence-corrected chi connectivity index (χ3v) is 4.57. The summed E-state index contributed by atoms with van der Waals surface area (Å²) in [5.74, 6) is -0.139. The first-order valence-electron chi connectivity index (χ1n) is 6.67.